The molecule has 2 rings (SSSR count). The second kappa shape index (κ2) is 4.89. The average molecular weight is 283 g/mol. The molecule has 19 heavy (non-hydrogen) atoms. The van der Waals surface area contributed by atoms with Gasteiger partial charge in [-0.15, -0.1) is 0 Å². The van der Waals surface area contributed by atoms with Crippen LogP contribution in [0.15, 0.2) is 17.1 Å². The lowest BCUT2D eigenvalue weighted by Crippen LogP contribution is -2.26. The van der Waals surface area contributed by atoms with Gasteiger partial charge in [0, 0.05) is 18.6 Å². The Morgan fingerprint density at radius 2 is 2.26 bits per heavy atom. The molecule has 1 N–H and O–H groups in total. The minimum Gasteiger partial charge on any atom is -0.506 e. The highest BCUT2D eigenvalue weighted by atomic mass is 35.5. The summed E-state index contributed by atoms with van der Waals surface area (Å²) in [4.78, 5) is 27.7. The van der Waals surface area contributed by atoms with Crippen LogP contribution in [0.2, 0.25) is 5.15 Å². The van der Waals surface area contributed by atoms with Gasteiger partial charge in [-0.05, 0) is 13.0 Å². The first-order chi connectivity index (χ1) is 8.99. The zero-order chi connectivity index (χ0) is 14.2. The maximum absolute atomic E-state index is 12.1. The maximum Gasteiger partial charge on any atom is 0.347 e. The molecule has 0 bridgehead atoms. The molecule has 2 aromatic rings. The molecule has 2 aromatic heterocycles. The number of esters is 1. The van der Waals surface area contributed by atoms with Crippen LogP contribution in [0, 0.1) is 0 Å². The molecule has 0 aromatic carbocycles. The highest BCUT2D eigenvalue weighted by molar-refractivity contribution is 6.34. The van der Waals surface area contributed by atoms with Crippen molar-refractivity contribution in [2.45, 2.75) is 6.92 Å². The summed E-state index contributed by atoms with van der Waals surface area (Å²) in [6, 6.07) is 1.47. The van der Waals surface area contributed by atoms with Crippen LogP contribution in [0.3, 0.4) is 0 Å². The van der Waals surface area contributed by atoms with Gasteiger partial charge in [-0.25, -0.2) is 9.78 Å². The number of aryl methyl sites for hydroxylation is 1. The van der Waals surface area contributed by atoms with Crippen molar-refractivity contribution in [2.75, 3.05) is 6.61 Å². The smallest absolute Gasteiger partial charge is 0.347 e. The standard InChI is InChI=1S/C12H11ClN2O4/c1-3-19-12(18)7-9(16)6-4-5-14-10(13)8(6)15(2)11(7)17/h4-5,16H,3H2,1-2H3. The van der Waals surface area contributed by atoms with E-state index in [0.717, 1.165) is 4.57 Å². The molecule has 0 saturated carbocycles. The lowest BCUT2D eigenvalue weighted by molar-refractivity contribution is 0.0520. The summed E-state index contributed by atoms with van der Waals surface area (Å²) in [7, 11) is 1.44. The number of hydrogen-bond donors (Lipinski definition) is 1. The van der Waals surface area contributed by atoms with Crippen molar-refractivity contribution >= 4 is 28.5 Å². The molecule has 0 aliphatic carbocycles. The summed E-state index contributed by atoms with van der Waals surface area (Å²) >= 11 is 5.90. The molecular formula is C12H11ClN2O4. The molecule has 100 valence electrons. The number of ether oxygens (including phenoxy) is 1. The van der Waals surface area contributed by atoms with Gasteiger partial charge in [0.2, 0.25) is 0 Å². The van der Waals surface area contributed by atoms with E-state index in [2.05, 4.69) is 4.98 Å². The summed E-state index contributed by atoms with van der Waals surface area (Å²) in [6.45, 7) is 1.72. The van der Waals surface area contributed by atoms with Crippen LogP contribution in [-0.2, 0) is 11.8 Å². The largest absolute Gasteiger partial charge is 0.506 e. The fraction of sp³-hybridized carbons (Fsp3) is 0.250. The van der Waals surface area contributed by atoms with Crippen LogP contribution in [0.25, 0.3) is 10.9 Å². The molecule has 2 heterocycles. The second-order valence-electron chi connectivity index (χ2n) is 3.81. The highest BCUT2D eigenvalue weighted by Crippen LogP contribution is 2.29. The molecule has 0 radical (unpaired) electrons. The number of rotatable bonds is 2. The number of aromatic nitrogens is 2. The molecule has 0 aliphatic rings. The van der Waals surface area contributed by atoms with E-state index in [1.807, 2.05) is 0 Å². The Hall–Kier alpha value is -2.08. The number of hydrogen-bond acceptors (Lipinski definition) is 5. The second-order valence-corrected chi connectivity index (χ2v) is 4.16. The molecule has 0 unspecified atom stereocenters. The van der Waals surface area contributed by atoms with Crippen LogP contribution in [0.5, 0.6) is 5.75 Å². The number of nitrogens with zero attached hydrogens (tertiary/aromatic N) is 2. The van der Waals surface area contributed by atoms with Gasteiger partial charge >= 0.3 is 5.97 Å². The van der Waals surface area contributed by atoms with Crippen molar-refractivity contribution in [3.8, 4) is 5.75 Å². The van der Waals surface area contributed by atoms with Crippen molar-refractivity contribution in [1.29, 1.82) is 0 Å². The number of halogens is 1. The van der Waals surface area contributed by atoms with E-state index < -0.39 is 22.8 Å². The third-order valence-corrected chi connectivity index (χ3v) is 2.98. The predicted molar refractivity (Wildman–Crippen MR) is 69.6 cm³/mol. The molecule has 7 heteroatoms. The van der Waals surface area contributed by atoms with E-state index in [-0.39, 0.29) is 22.7 Å². The fourth-order valence-electron chi connectivity index (χ4n) is 1.83. The Balaban J connectivity index is 2.89. The van der Waals surface area contributed by atoms with E-state index in [1.165, 1.54) is 19.3 Å². The normalized spacial score (nSPS) is 10.7. The lowest BCUT2D eigenvalue weighted by Gasteiger charge is -2.11. The zero-order valence-electron chi connectivity index (χ0n) is 10.3. The molecule has 0 aliphatic heterocycles. The van der Waals surface area contributed by atoms with Crippen molar-refractivity contribution in [3.63, 3.8) is 0 Å². The first-order valence-electron chi connectivity index (χ1n) is 5.52. The van der Waals surface area contributed by atoms with Gasteiger partial charge in [-0.1, -0.05) is 11.6 Å². The van der Waals surface area contributed by atoms with E-state index in [9.17, 15) is 14.7 Å². The van der Waals surface area contributed by atoms with Crippen LogP contribution in [0.1, 0.15) is 17.3 Å². The molecular weight excluding hydrogens is 272 g/mol. The number of aromatic hydroxyl groups is 1. The van der Waals surface area contributed by atoms with Crippen molar-refractivity contribution in [2.24, 2.45) is 7.05 Å². The van der Waals surface area contributed by atoms with Crippen LogP contribution in [-0.4, -0.2) is 27.2 Å². The van der Waals surface area contributed by atoms with Gasteiger partial charge in [0.05, 0.1) is 12.1 Å². The quantitative estimate of drug-likeness (QED) is 0.666. The summed E-state index contributed by atoms with van der Waals surface area (Å²) in [6.07, 6.45) is 1.38. The van der Waals surface area contributed by atoms with Gasteiger partial charge in [-0.2, -0.15) is 0 Å². The van der Waals surface area contributed by atoms with Crippen molar-refractivity contribution in [1.82, 2.24) is 9.55 Å². The Morgan fingerprint density at radius 1 is 1.58 bits per heavy atom. The third-order valence-electron chi connectivity index (χ3n) is 2.70. The first-order valence-corrected chi connectivity index (χ1v) is 5.90. The van der Waals surface area contributed by atoms with E-state index in [0.29, 0.717) is 0 Å². The average Bonchev–Trinajstić information content (AvgIpc) is 2.36. The zero-order valence-corrected chi connectivity index (χ0v) is 11.1. The number of carbonyl (C=O) groups excluding carboxylic acids is 1. The Morgan fingerprint density at radius 3 is 2.89 bits per heavy atom. The summed E-state index contributed by atoms with van der Waals surface area (Å²) < 4.78 is 5.93. The highest BCUT2D eigenvalue weighted by Gasteiger charge is 2.23. The van der Waals surface area contributed by atoms with Crippen LogP contribution in [0.4, 0.5) is 0 Å². The van der Waals surface area contributed by atoms with Gasteiger partial charge in [0.1, 0.15) is 5.75 Å². The predicted octanol–water partition coefficient (Wildman–Crippen LogP) is 1.47. The Kier molecular flexibility index (Phi) is 3.44. The minimum absolute atomic E-state index is 0.0720. The molecule has 0 amide bonds. The first kappa shape index (κ1) is 13.4. The van der Waals surface area contributed by atoms with Gasteiger partial charge in [0.25, 0.3) is 5.56 Å². The molecule has 0 fully saturated rings. The Bertz CT molecular complexity index is 724. The van der Waals surface area contributed by atoms with Gasteiger partial charge in [0.15, 0.2) is 10.7 Å². The lowest BCUT2D eigenvalue weighted by atomic mass is 10.1. The topological polar surface area (TPSA) is 81.4 Å². The minimum atomic E-state index is -0.865. The van der Waals surface area contributed by atoms with Crippen molar-refractivity contribution in [3.05, 3.63) is 33.3 Å². The van der Waals surface area contributed by atoms with E-state index >= 15 is 0 Å². The van der Waals surface area contributed by atoms with E-state index in [4.69, 9.17) is 16.3 Å². The molecule has 0 atom stereocenters. The molecule has 0 spiro atoms. The van der Waals surface area contributed by atoms with E-state index in [1.54, 1.807) is 6.92 Å². The molecule has 0 saturated heterocycles. The van der Waals surface area contributed by atoms with Crippen LogP contribution < -0.4 is 5.56 Å². The van der Waals surface area contributed by atoms with Crippen LogP contribution >= 0.6 is 11.6 Å². The summed E-state index contributed by atoms with van der Waals surface area (Å²) in [5.74, 6) is -1.31. The van der Waals surface area contributed by atoms with Gasteiger partial charge in [-0.3, -0.25) is 4.79 Å². The van der Waals surface area contributed by atoms with Crippen molar-refractivity contribution < 1.29 is 14.6 Å². The fourth-order valence-corrected chi connectivity index (χ4v) is 2.12. The third kappa shape index (κ3) is 2.04. The summed E-state index contributed by atoms with van der Waals surface area (Å²) in [5, 5.41) is 10.4. The Labute approximate surface area is 113 Å². The maximum atomic E-state index is 12.1. The number of fused-ring (bicyclic) bond motifs is 1. The van der Waals surface area contributed by atoms with Gasteiger partial charge < -0.3 is 14.4 Å². The SMILES string of the molecule is CCOC(=O)c1c(O)c2ccnc(Cl)c2n(C)c1=O. The number of carbonyl (C=O) groups is 1. The molecule has 6 nitrogen and oxygen atoms in total. The number of pyridine rings is 2. The monoisotopic (exact) mass is 282 g/mol. The summed E-state index contributed by atoms with van der Waals surface area (Å²) in [5.41, 5.74) is -0.822.